The SMILES string of the molecule is O=C(NC(=S)Nc1cccc2c(NC(=S)NC(=O)c3ccco3)cccc12)c1ccco1. The average molecular weight is 465 g/mol. The normalized spacial score (nSPS) is 10.4. The highest BCUT2D eigenvalue weighted by molar-refractivity contribution is 7.80. The first kappa shape index (κ1) is 21.2. The highest BCUT2D eigenvalue weighted by Crippen LogP contribution is 2.29. The van der Waals surface area contributed by atoms with Crippen LogP contribution in [-0.4, -0.2) is 22.0 Å². The molecule has 0 spiro atoms. The first-order valence-corrected chi connectivity index (χ1v) is 10.2. The monoisotopic (exact) mass is 464 g/mol. The molecular weight excluding hydrogens is 448 g/mol. The molecule has 160 valence electrons. The van der Waals surface area contributed by atoms with Gasteiger partial charge in [-0.2, -0.15) is 0 Å². The molecular formula is C22H16N4O4S2. The van der Waals surface area contributed by atoms with Crippen molar-refractivity contribution < 1.29 is 18.4 Å². The van der Waals surface area contributed by atoms with Crippen LogP contribution in [0, 0.1) is 0 Å². The van der Waals surface area contributed by atoms with Crippen LogP contribution in [0.2, 0.25) is 0 Å². The number of amides is 2. The van der Waals surface area contributed by atoms with Crippen LogP contribution in [0.3, 0.4) is 0 Å². The quantitative estimate of drug-likeness (QED) is 0.332. The van der Waals surface area contributed by atoms with Gasteiger partial charge in [-0.15, -0.1) is 0 Å². The highest BCUT2D eigenvalue weighted by Gasteiger charge is 2.13. The molecule has 0 aliphatic carbocycles. The van der Waals surface area contributed by atoms with E-state index in [2.05, 4.69) is 21.3 Å². The van der Waals surface area contributed by atoms with Crippen LogP contribution < -0.4 is 21.3 Å². The smallest absolute Gasteiger partial charge is 0.293 e. The Kier molecular flexibility index (Phi) is 6.24. The number of carbonyl (C=O) groups is 2. The number of furan rings is 2. The molecule has 10 heteroatoms. The van der Waals surface area contributed by atoms with Crippen molar-refractivity contribution in [2.45, 2.75) is 0 Å². The van der Waals surface area contributed by atoms with Gasteiger partial charge in [0.25, 0.3) is 11.8 Å². The Bertz CT molecular complexity index is 1200. The summed E-state index contributed by atoms with van der Waals surface area (Å²) >= 11 is 10.5. The summed E-state index contributed by atoms with van der Waals surface area (Å²) in [5.74, 6) is -0.590. The Morgan fingerprint density at radius 1 is 0.625 bits per heavy atom. The molecule has 0 aliphatic heterocycles. The topological polar surface area (TPSA) is 109 Å². The van der Waals surface area contributed by atoms with E-state index in [-0.39, 0.29) is 21.7 Å². The van der Waals surface area contributed by atoms with Crippen LogP contribution in [-0.2, 0) is 0 Å². The van der Waals surface area contributed by atoms with Crippen molar-refractivity contribution in [3.05, 3.63) is 84.7 Å². The molecule has 0 saturated carbocycles. The molecule has 2 aromatic carbocycles. The van der Waals surface area contributed by atoms with E-state index in [1.165, 1.54) is 12.5 Å². The summed E-state index contributed by atoms with van der Waals surface area (Å²) in [6, 6.07) is 17.4. The van der Waals surface area contributed by atoms with E-state index < -0.39 is 11.8 Å². The van der Waals surface area contributed by atoms with Crippen LogP contribution in [0.4, 0.5) is 11.4 Å². The number of hydrogen-bond acceptors (Lipinski definition) is 6. The number of benzene rings is 2. The zero-order chi connectivity index (χ0) is 22.5. The third kappa shape index (κ3) is 4.82. The number of anilines is 2. The largest absolute Gasteiger partial charge is 0.459 e. The zero-order valence-electron chi connectivity index (χ0n) is 16.4. The standard InChI is InChI=1S/C22H16N4O4S2/c27-19(17-9-3-11-29-17)25-21(31)23-15-7-1-5-13-14(15)6-2-8-16(13)24-22(32)26-20(28)18-10-4-12-30-18/h1-12H,(H2,23,25,27,31)(H2,24,26,28,32). The Hall–Kier alpha value is -4.02. The van der Waals surface area contributed by atoms with Gasteiger partial charge in [-0.25, -0.2) is 0 Å². The predicted molar refractivity (Wildman–Crippen MR) is 129 cm³/mol. The Morgan fingerprint density at radius 2 is 1.06 bits per heavy atom. The average Bonchev–Trinajstić information content (AvgIpc) is 3.49. The van der Waals surface area contributed by atoms with Crippen LogP contribution >= 0.6 is 24.4 Å². The fourth-order valence-electron chi connectivity index (χ4n) is 2.98. The van der Waals surface area contributed by atoms with Gasteiger partial charge in [0.2, 0.25) is 0 Å². The molecule has 0 bridgehead atoms. The third-order valence-corrected chi connectivity index (χ3v) is 4.77. The lowest BCUT2D eigenvalue weighted by molar-refractivity contribution is 0.0943. The number of fused-ring (bicyclic) bond motifs is 1. The van der Waals surface area contributed by atoms with Crippen molar-refractivity contribution in [1.29, 1.82) is 0 Å². The molecule has 0 radical (unpaired) electrons. The van der Waals surface area contributed by atoms with Crippen LogP contribution in [0.25, 0.3) is 10.8 Å². The van der Waals surface area contributed by atoms with Crippen molar-refractivity contribution in [3.63, 3.8) is 0 Å². The van der Waals surface area contributed by atoms with Gasteiger partial charge in [0.05, 0.1) is 12.5 Å². The molecule has 2 aromatic heterocycles. The van der Waals surface area contributed by atoms with Gasteiger partial charge in [0.1, 0.15) is 0 Å². The van der Waals surface area contributed by atoms with E-state index in [0.717, 1.165) is 10.8 Å². The molecule has 0 aliphatic rings. The Balaban J connectivity index is 1.48. The second-order valence-corrected chi connectivity index (χ2v) is 7.29. The minimum absolute atomic E-state index is 0.124. The number of nitrogens with one attached hydrogen (secondary N) is 4. The number of rotatable bonds is 4. The van der Waals surface area contributed by atoms with Gasteiger partial charge >= 0.3 is 0 Å². The second kappa shape index (κ2) is 9.41. The van der Waals surface area contributed by atoms with Crippen molar-refractivity contribution in [2.75, 3.05) is 10.6 Å². The predicted octanol–water partition coefficient (Wildman–Crippen LogP) is 4.28. The number of carbonyl (C=O) groups excluding carboxylic acids is 2. The van der Waals surface area contributed by atoms with Crippen molar-refractivity contribution in [3.8, 4) is 0 Å². The summed E-state index contributed by atoms with van der Waals surface area (Å²) in [5.41, 5.74) is 1.36. The summed E-state index contributed by atoms with van der Waals surface area (Å²) in [7, 11) is 0. The van der Waals surface area contributed by atoms with E-state index in [4.69, 9.17) is 33.3 Å². The minimum Gasteiger partial charge on any atom is -0.459 e. The number of hydrogen-bond donors (Lipinski definition) is 4. The van der Waals surface area contributed by atoms with E-state index in [1.54, 1.807) is 24.3 Å². The maximum absolute atomic E-state index is 12.1. The van der Waals surface area contributed by atoms with Gasteiger partial charge in [-0.1, -0.05) is 24.3 Å². The molecule has 4 aromatic rings. The maximum Gasteiger partial charge on any atom is 0.293 e. The van der Waals surface area contributed by atoms with E-state index in [9.17, 15) is 9.59 Å². The zero-order valence-corrected chi connectivity index (χ0v) is 18.0. The van der Waals surface area contributed by atoms with E-state index in [1.807, 2.05) is 36.4 Å². The number of thiocarbonyl (C=S) groups is 2. The Labute approximate surface area is 193 Å². The first-order chi connectivity index (χ1) is 15.5. The molecule has 8 nitrogen and oxygen atoms in total. The molecule has 4 rings (SSSR count). The second-order valence-electron chi connectivity index (χ2n) is 6.48. The van der Waals surface area contributed by atoms with E-state index >= 15 is 0 Å². The minimum atomic E-state index is -0.451. The van der Waals surface area contributed by atoms with Gasteiger partial charge in [-0.3, -0.25) is 20.2 Å². The Morgan fingerprint density at radius 3 is 1.44 bits per heavy atom. The van der Waals surface area contributed by atoms with Crippen molar-refractivity contribution >= 4 is 68.6 Å². The van der Waals surface area contributed by atoms with Gasteiger partial charge in [-0.05, 0) is 60.8 Å². The molecule has 2 heterocycles. The summed E-state index contributed by atoms with van der Waals surface area (Å²) in [4.78, 5) is 24.2. The van der Waals surface area contributed by atoms with Gasteiger partial charge < -0.3 is 19.5 Å². The van der Waals surface area contributed by atoms with Crippen LogP contribution in [0.15, 0.2) is 82.0 Å². The summed E-state index contributed by atoms with van der Waals surface area (Å²) in [6.07, 6.45) is 2.82. The molecule has 0 unspecified atom stereocenters. The van der Waals surface area contributed by atoms with Crippen molar-refractivity contribution in [1.82, 2.24) is 10.6 Å². The van der Waals surface area contributed by atoms with E-state index in [0.29, 0.717) is 11.4 Å². The maximum atomic E-state index is 12.1. The lowest BCUT2D eigenvalue weighted by atomic mass is 10.1. The molecule has 32 heavy (non-hydrogen) atoms. The summed E-state index contributed by atoms with van der Waals surface area (Å²) < 4.78 is 10.1. The molecule has 0 fully saturated rings. The highest BCUT2D eigenvalue weighted by atomic mass is 32.1. The lowest BCUT2D eigenvalue weighted by Crippen LogP contribution is -2.34. The van der Waals surface area contributed by atoms with Crippen LogP contribution in [0.5, 0.6) is 0 Å². The fourth-order valence-corrected chi connectivity index (χ4v) is 3.39. The molecule has 4 N–H and O–H groups in total. The molecule has 2 amide bonds. The first-order valence-electron chi connectivity index (χ1n) is 9.34. The molecule has 0 atom stereocenters. The third-order valence-electron chi connectivity index (χ3n) is 4.36. The fraction of sp³-hybridized carbons (Fsp3) is 0. The van der Waals surface area contributed by atoms with Crippen LogP contribution in [0.1, 0.15) is 21.1 Å². The lowest BCUT2D eigenvalue weighted by Gasteiger charge is -2.15. The van der Waals surface area contributed by atoms with Gasteiger partial charge in [0, 0.05) is 22.1 Å². The van der Waals surface area contributed by atoms with Gasteiger partial charge in [0.15, 0.2) is 21.7 Å². The van der Waals surface area contributed by atoms with Crippen molar-refractivity contribution in [2.24, 2.45) is 0 Å². The summed E-state index contributed by atoms with van der Waals surface area (Å²) in [6.45, 7) is 0. The molecule has 0 saturated heterocycles. The summed E-state index contributed by atoms with van der Waals surface area (Å²) in [5, 5.41) is 13.1.